The molecule has 0 unspecified atom stereocenters. The Morgan fingerprint density at radius 1 is 1.23 bits per heavy atom. The van der Waals surface area contributed by atoms with Crippen molar-refractivity contribution in [2.24, 2.45) is 5.10 Å². The van der Waals surface area contributed by atoms with E-state index in [1.54, 1.807) is 18.2 Å². The molecule has 0 aliphatic rings. The molecule has 2 aromatic carbocycles. The minimum atomic E-state index is -0.381. The van der Waals surface area contributed by atoms with E-state index in [1.165, 1.54) is 24.0 Å². The Bertz CT molecular complexity index is 679. The van der Waals surface area contributed by atoms with Crippen LogP contribution in [0.15, 0.2) is 53.6 Å². The minimum Gasteiger partial charge on any atom is -0.272 e. The van der Waals surface area contributed by atoms with Gasteiger partial charge in [-0.3, -0.25) is 4.79 Å². The molecule has 2 aromatic rings. The van der Waals surface area contributed by atoms with Gasteiger partial charge in [-0.05, 0) is 17.7 Å². The Labute approximate surface area is 137 Å². The number of benzene rings is 2. The summed E-state index contributed by atoms with van der Waals surface area (Å²) >= 11 is 7.47. The zero-order valence-corrected chi connectivity index (χ0v) is 13.2. The number of rotatable bonds is 6. The van der Waals surface area contributed by atoms with Crippen LogP contribution in [0.1, 0.15) is 11.1 Å². The lowest BCUT2D eigenvalue weighted by Gasteiger charge is -2.03. The third kappa shape index (κ3) is 5.16. The van der Waals surface area contributed by atoms with E-state index < -0.39 is 0 Å². The van der Waals surface area contributed by atoms with Crippen molar-refractivity contribution in [3.8, 4) is 0 Å². The second-order valence-corrected chi connectivity index (χ2v) is 5.79. The van der Waals surface area contributed by atoms with E-state index >= 15 is 0 Å². The first kappa shape index (κ1) is 16.5. The predicted molar refractivity (Wildman–Crippen MR) is 89.8 cm³/mol. The van der Waals surface area contributed by atoms with Crippen molar-refractivity contribution in [3.63, 3.8) is 0 Å². The number of amides is 1. The monoisotopic (exact) mass is 336 g/mol. The topological polar surface area (TPSA) is 41.5 Å². The van der Waals surface area contributed by atoms with E-state index in [4.69, 9.17) is 11.6 Å². The van der Waals surface area contributed by atoms with Gasteiger partial charge in [0.05, 0.1) is 12.0 Å². The Hall–Kier alpha value is -1.85. The molecule has 0 radical (unpaired) electrons. The zero-order chi connectivity index (χ0) is 15.8. The van der Waals surface area contributed by atoms with Gasteiger partial charge in [0.1, 0.15) is 5.82 Å². The van der Waals surface area contributed by atoms with Gasteiger partial charge in [0.2, 0.25) is 5.91 Å². The van der Waals surface area contributed by atoms with Crippen LogP contribution in [-0.4, -0.2) is 17.9 Å². The summed E-state index contributed by atoms with van der Waals surface area (Å²) in [7, 11) is 0. The number of hydrogen-bond donors (Lipinski definition) is 1. The summed E-state index contributed by atoms with van der Waals surface area (Å²) in [6.45, 7) is 0. The summed E-state index contributed by atoms with van der Waals surface area (Å²) in [5.74, 6) is 0.266. The van der Waals surface area contributed by atoms with E-state index in [9.17, 15) is 9.18 Å². The number of hydrogen-bond acceptors (Lipinski definition) is 3. The molecule has 1 N–H and O–H groups in total. The van der Waals surface area contributed by atoms with Gasteiger partial charge >= 0.3 is 0 Å². The Balaban J connectivity index is 1.75. The minimum absolute atomic E-state index is 0.246. The fourth-order valence-electron chi connectivity index (χ4n) is 1.66. The molecule has 0 atom stereocenters. The number of carbonyl (C=O) groups excluding carboxylic acids is 1. The molecule has 0 fully saturated rings. The average molecular weight is 337 g/mol. The average Bonchev–Trinajstić information content (AvgIpc) is 2.51. The first-order valence-corrected chi connectivity index (χ1v) is 8.07. The summed E-state index contributed by atoms with van der Waals surface area (Å²) in [5, 5.41) is 4.43. The van der Waals surface area contributed by atoms with E-state index in [1.807, 2.05) is 24.3 Å². The highest BCUT2D eigenvalue weighted by molar-refractivity contribution is 7.99. The van der Waals surface area contributed by atoms with Crippen LogP contribution in [0.25, 0.3) is 0 Å². The molecule has 0 aromatic heterocycles. The number of nitrogens with one attached hydrogen (secondary N) is 1. The quantitative estimate of drug-likeness (QED) is 0.643. The molecular weight excluding hydrogens is 323 g/mol. The highest BCUT2D eigenvalue weighted by Crippen LogP contribution is 2.20. The van der Waals surface area contributed by atoms with Crippen LogP contribution in [0.5, 0.6) is 0 Å². The molecule has 0 bridgehead atoms. The van der Waals surface area contributed by atoms with Gasteiger partial charge in [-0.15, -0.1) is 11.8 Å². The summed E-state index contributed by atoms with van der Waals surface area (Å²) in [6.07, 6.45) is 1.28. The maximum Gasteiger partial charge on any atom is 0.250 e. The van der Waals surface area contributed by atoms with Crippen molar-refractivity contribution >= 4 is 35.5 Å². The van der Waals surface area contributed by atoms with Crippen molar-refractivity contribution in [1.82, 2.24) is 5.43 Å². The largest absolute Gasteiger partial charge is 0.272 e. The van der Waals surface area contributed by atoms with E-state index in [0.29, 0.717) is 16.3 Å². The molecule has 0 saturated carbocycles. The second-order valence-electron chi connectivity index (χ2n) is 4.40. The standard InChI is InChI=1S/C16H14ClFN2OS/c17-14-7-3-1-6-13(14)10-22-11-16(21)20-19-9-12-5-2-4-8-15(12)18/h1-9H,10-11H2,(H,20,21)/b19-9-. The van der Waals surface area contributed by atoms with E-state index in [2.05, 4.69) is 10.5 Å². The first-order valence-electron chi connectivity index (χ1n) is 6.54. The van der Waals surface area contributed by atoms with Gasteiger partial charge in [-0.1, -0.05) is 48.0 Å². The third-order valence-corrected chi connectivity index (χ3v) is 4.10. The Morgan fingerprint density at radius 2 is 1.95 bits per heavy atom. The lowest BCUT2D eigenvalue weighted by atomic mass is 10.2. The summed E-state index contributed by atoms with van der Waals surface area (Å²) in [6, 6.07) is 13.7. The van der Waals surface area contributed by atoms with E-state index in [-0.39, 0.29) is 17.5 Å². The molecule has 114 valence electrons. The van der Waals surface area contributed by atoms with Crippen LogP contribution in [0.2, 0.25) is 5.02 Å². The van der Waals surface area contributed by atoms with E-state index in [0.717, 1.165) is 5.56 Å². The molecule has 0 spiro atoms. The molecule has 0 aliphatic carbocycles. The smallest absolute Gasteiger partial charge is 0.250 e. The molecule has 0 saturated heterocycles. The van der Waals surface area contributed by atoms with Crippen LogP contribution < -0.4 is 5.43 Å². The van der Waals surface area contributed by atoms with Crippen molar-refractivity contribution < 1.29 is 9.18 Å². The fourth-order valence-corrected chi connectivity index (χ4v) is 2.76. The zero-order valence-electron chi connectivity index (χ0n) is 11.6. The number of nitrogens with zero attached hydrogens (tertiary/aromatic N) is 1. The van der Waals surface area contributed by atoms with Gasteiger partial charge in [0.25, 0.3) is 0 Å². The van der Waals surface area contributed by atoms with Gasteiger partial charge < -0.3 is 0 Å². The summed E-state index contributed by atoms with van der Waals surface area (Å²) < 4.78 is 13.3. The third-order valence-electron chi connectivity index (χ3n) is 2.75. The van der Waals surface area contributed by atoms with Gasteiger partial charge in [-0.2, -0.15) is 5.10 Å². The second kappa shape index (κ2) is 8.56. The SMILES string of the molecule is O=C(CSCc1ccccc1Cl)N/N=C\c1ccccc1F. The number of thioether (sulfide) groups is 1. The lowest BCUT2D eigenvalue weighted by Crippen LogP contribution is -2.19. The lowest BCUT2D eigenvalue weighted by molar-refractivity contribution is -0.118. The summed E-state index contributed by atoms with van der Waals surface area (Å²) in [4.78, 5) is 11.6. The van der Waals surface area contributed by atoms with Crippen molar-refractivity contribution in [2.75, 3.05) is 5.75 Å². The fraction of sp³-hybridized carbons (Fsp3) is 0.125. The van der Waals surface area contributed by atoms with Gasteiger partial charge in [0, 0.05) is 16.3 Å². The molecule has 22 heavy (non-hydrogen) atoms. The molecular formula is C16H14ClFN2OS. The highest BCUT2D eigenvalue weighted by atomic mass is 35.5. The molecule has 6 heteroatoms. The molecule has 2 rings (SSSR count). The number of halogens is 2. The Kier molecular flexibility index (Phi) is 6.43. The van der Waals surface area contributed by atoms with Crippen molar-refractivity contribution in [3.05, 3.63) is 70.5 Å². The van der Waals surface area contributed by atoms with Crippen LogP contribution in [0, 0.1) is 5.82 Å². The predicted octanol–water partition coefficient (Wildman–Crippen LogP) is 3.86. The number of hydrazone groups is 1. The van der Waals surface area contributed by atoms with Crippen molar-refractivity contribution in [2.45, 2.75) is 5.75 Å². The molecule has 3 nitrogen and oxygen atoms in total. The maximum atomic E-state index is 13.3. The first-order chi connectivity index (χ1) is 10.7. The van der Waals surface area contributed by atoms with Crippen LogP contribution in [0.4, 0.5) is 4.39 Å². The molecule has 0 aliphatic heterocycles. The molecule has 1 amide bonds. The van der Waals surface area contributed by atoms with Crippen LogP contribution in [0.3, 0.4) is 0 Å². The van der Waals surface area contributed by atoms with Crippen LogP contribution in [-0.2, 0) is 10.5 Å². The summed E-state index contributed by atoms with van der Waals surface area (Å²) in [5.41, 5.74) is 3.68. The van der Waals surface area contributed by atoms with Crippen LogP contribution >= 0.6 is 23.4 Å². The van der Waals surface area contributed by atoms with Crippen molar-refractivity contribution in [1.29, 1.82) is 0 Å². The highest BCUT2D eigenvalue weighted by Gasteiger charge is 2.03. The van der Waals surface area contributed by atoms with Gasteiger partial charge in [-0.25, -0.2) is 9.82 Å². The van der Waals surface area contributed by atoms with Gasteiger partial charge in [0.15, 0.2) is 0 Å². The number of carbonyl (C=O) groups is 1. The molecule has 0 heterocycles. The maximum absolute atomic E-state index is 13.3. The Morgan fingerprint density at radius 3 is 2.73 bits per heavy atom. The normalized spacial score (nSPS) is 10.8.